The second-order valence-electron chi connectivity index (χ2n) is 4.65. The van der Waals surface area contributed by atoms with Crippen LogP contribution in [0.4, 0.5) is 0 Å². The molecule has 0 radical (unpaired) electrons. The zero-order chi connectivity index (χ0) is 11.2. The lowest BCUT2D eigenvalue weighted by molar-refractivity contribution is 0.0946. The van der Waals surface area contributed by atoms with Crippen molar-refractivity contribution in [2.75, 3.05) is 0 Å². The fraction of sp³-hybridized carbons (Fsp3) is 0.462. The lowest BCUT2D eigenvalue weighted by Crippen LogP contribution is -2.03. The number of carbonyl (C=O) groups excluding carboxylic acids is 1. The molecule has 0 saturated heterocycles. The summed E-state index contributed by atoms with van der Waals surface area (Å²) >= 11 is 3.57. The molecular formula is C13H15BrO. The van der Waals surface area contributed by atoms with Crippen LogP contribution in [0, 0.1) is 5.92 Å². The van der Waals surface area contributed by atoms with Gasteiger partial charge in [0.2, 0.25) is 0 Å². The molecule has 2 heteroatoms. The van der Waals surface area contributed by atoms with E-state index in [-0.39, 0.29) is 5.92 Å². The summed E-state index contributed by atoms with van der Waals surface area (Å²) in [6.45, 7) is 6.30. The highest BCUT2D eigenvalue weighted by atomic mass is 79.9. The lowest BCUT2D eigenvalue weighted by Gasteiger charge is -2.09. The van der Waals surface area contributed by atoms with E-state index in [0.29, 0.717) is 11.7 Å². The number of hydrogen-bond acceptors (Lipinski definition) is 1. The van der Waals surface area contributed by atoms with E-state index in [1.54, 1.807) is 0 Å². The number of hydrogen-bond donors (Lipinski definition) is 0. The summed E-state index contributed by atoms with van der Waals surface area (Å²) in [5, 5.41) is 0. The number of benzene rings is 1. The second kappa shape index (κ2) is 3.75. The first-order chi connectivity index (χ1) is 7.00. The molecular weight excluding hydrogens is 252 g/mol. The Hall–Kier alpha value is -0.630. The summed E-state index contributed by atoms with van der Waals surface area (Å²) in [4.78, 5) is 11.9. The number of rotatable bonds is 1. The average Bonchev–Trinajstić information content (AvgIpc) is 2.45. The Morgan fingerprint density at radius 3 is 2.67 bits per heavy atom. The van der Waals surface area contributed by atoms with Crippen molar-refractivity contribution in [2.45, 2.75) is 33.1 Å². The van der Waals surface area contributed by atoms with Crippen LogP contribution in [0.3, 0.4) is 0 Å². The van der Waals surface area contributed by atoms with Crippen molar-refractivity contribution in [1.82, 2.24) is 0 Å². The maximum absolute atomic E-state index is 11.9. The van der Waals surface area contributed by atoms with Gasteiger partial charge in [-0.05, 0) is 35.6 Å². The van der Waals surface area contributed by atoms with E-state index >= 15 is 0 Å². The Balaban J connectivity index is 2.57. The van der Waals surface area contributed by atoms with Crippen LogP contribution in [0.15, 0.2) is 16.6 Å². The van der Waals surface area contributed by atoms with Crippen LogP contribution < -0.4 is 0 Å². The number of ketones is 1. The summed E-state index contributed by atoms with van der Waals surface area (Å²) in [6, 6.07) is 4.21. The van der Waals surface area contributed by atoms with Gasteiger partial charge >= 0.3 is 0 Å². The van der Waals surface area contributed by atoms with Crippen LogP contribution in [0.5, 0.6) is 0 Å². The van der Waals surface area contributed by atoms with Gasteiger partial charge in [-0.1, -0.05) is 36.7 Å². The van der Waals surface area contributed by atoms with Crippen LogP contribution in [0.25, 0.3) is 0 Å². The van der Waals surface area contributed by atoms with Crippen molar-refractivity contribution >= 4 is 21.7 Å². The van der Waals surface area contributed by atoms with Gasteiger partial charge in [-0.15, -0.1) is 0 Å². The topological polar surface area (TPSA) is 17.1 Å². The van der Waals surface area contributed by atoms with Crippen molar-refractivity contribution in [3.63, 3.8) is 0 Å². The van der Waals surface area contributed by atoms with E-state index in [2.05, 4.69) is 41.9 Å². The van der Waals surface area contributed by atoms with E-state index in [0.717, 1.165) is 16.5 Å². The van der Waals surface area contributed by atoms with E-state index in [1.807, 2.05) is 6.92 Å². The third-order valence-electron chi connectivity index (χ3n) is 3.11. The first kappa shape index (κ1) is 10.9. The first-order valence-electron chi connectivity index (χ1n) is 5.37. The molecule has 0 spiro atoms. The molecule has 0 aromatic heterocycles. The Kier molecular flexibility index (Phi) is 2.72. The van der Waals surface area contributed by atoms with Gasteiger partial charge in [0.05, 0.1) is 0 Å². The molecule has 0 aliphatic heterocycles. The van der Waals surface area contributed by atoms with E-state index in [9.17, 15) is 4.79 Å². The maximum Gasteiger partial charge on any atom is 0.166 e. The molecule has 0 fully saturated rings. The van der Waals surface area contributed by atoms with E-state index in [4.69, 9.17) is 0 Å². The molecule has 1 unspecified atom stereocenters. The SMILES string of the molecule is CC1Cc2c(Br)cc(C(C)C)cc2C1=O. The number of halogens is 1. The predicted molar refractivity (Wildman–Crippen MR) is 65.4 cm³/mol. The molecule has 1 nitrogen and oxygen atoms in total. The van der Waals surface area contributed by atoms with Gasteiger partial charge in [0.25, 0.3) is 0 Å². The van der Waals surface area contributed by atoms with Gasteiger partial charge in [0.1, 0.15) is 0 Å². The van der Waals surface area contributed by atoms with E-state index < -0.39 is 0 Å². The van der Waals surface area contributed by atoms with E-state index in [1.165, 1.54) is 11.1 Å². The summed E-state index contributed by atoms with van der Waals surface area (Å²) in [7, 11) is 0. The molecule has 2 rings (SSSR count). The van der Waals surface area contributed by atoms with Crippen LogP contribution in [-0.4, -0.2) is 5.78 Å². The smallest absolute Gasteiger partial charge is 0.166 e. The third kappa shape index (κ3) is 1.76. The summed E-state index contributed by atoms with van der Waals surface area (Å²) in [6.07, 6.45) is 0.882. The molecule has 0 amide bonds. The quantitative estimate of drug-likeness (QED) is 0.753. The molecule has 0 N–H and O–H groups in total. The Morgan fingerprint density at radius 1 is 1.40 bits per heavy atom. The fourth-order valence-electron chi connectivity index (χ4n) is 2.08. The van der Waals surface area contributed by atoms with Crippen LogP contribution >= 0.6 is 15.9 Å². The van der Waals surface area contributed by atoms with Crippen LogP contribution in [0.2, 0.25) is 0 Å². The molecule has 15 heavy (non-hydrogen) atoms. The molecule has 1 aromatic carbocycles. The number of Topliss-reactive ketones (excluding diaryl/α,β-unsaturated/α-hetero) is 1. The minimum atomic E-state index is 0.152. The average molecular weight is 267 g/mol. The highest BCUT2D eigenvalue weighted by Crippen LogP contribution is 2.35. The van der Waals surface area contributed by atoms with Crippen molar-refractivity contribution in [2.24, 2.45) is 5.92 Å². The Bertz CT molecular complexity index is 421. The monoisotopic (exact) mass is 266 g/mol. The largest absolute Gasteiger partial charge is 0.294 e. The molecule has 0 heterocycles. The second-order valence-corrected chi connectivity index (χ2v) is 5.51. The van der Waals surface area contributed by atoms with Crippen LogP contribution in [-0.2, 0) is 6.42 Å². The van der Waals surface area contributed by atoms with Gasteiger partial charge in [-0.25, -0.2) is 0 Å². The third-order valence-corrected chi connectivity index (χ3v) is 3.82. The zero-order valence-electron chi connectivity index (χ0n) is 9.30. The minimum Gasteiger partial charge on any atom is -0.294 e. The number of carbonyl (C=O) groups is 1. The maximum atomic E-state index is 11.9. The number of fused-ring (bicyclic) bond motifs is 1. The molecule has 0 saturated carbocycles. The molecule has 1 atom stereocenters. The van der Waals surface area contributed by atoms with Crippen molar-refractivity contribution in [1.29, 1.82) is 0 Å². The van der Waals surface area contributed by atoms with Crippen molar-refractivity contribution < 1.29 is 4.79 Å². The van der Waals surface area contributed by atoms with Crippen molar-refractivity contribution in [3.8, 4) is 0 Å². The Morgan fingerprint density at radius 2 is 2.07 bits per heavy atom. The van der Waals surface area contributed by atoms with Gasteiger partial charge in [0, 0.05) is 16.0 Å². The standard InChI is InChI=1S/C13H15BrO/c1-7(2)9-5-11-10(12(14)6-9)4-8(3)13(11)15/h5-8H,4H2,1-3H3. The fourth-order valence-corrected chi connectivity index (χ4v) is 2.72. The zero-order valence-corrected chi connectivity index (χ0v) is 10.9. The van der Waals surface area contributed by atoms with Gasteiger partial charge in [-0.2, -0.15) is 0 Å². The van der Waals surface area contributed by atoms with Crippen molar-refractivity contribution in [3.05, 3.63) is 33.3 Å². The molecule has 80 valence electrons. The highest BCUT2D eigenvalue weighted by Gasteiger charge is 2.29. The normalized spacial score (nSPS) is 19.8. The lowest BCUT2D eigenvalue weighted by atomic mass is 9.98. The van der Waals surface area contributed by atoms with Crippen LogP contribution in [0.1, 0.15) is 48.2 Å². The predicted octanol–water partition coefficient (Wildman–Crippen LogP) is 3.95. The van der Waals surface area contributed by atoms with Gasteiger partial charge in [0.15, 0.2) is 5.78 Å². The van der Waals surface area contributed by atoms with Gasteiger partial charge < -0.3 is 0 Å². The summed E-state index contributed by atoms with van der Waals surface area (Å²) < 4.78 is 1.10. The Labute approximate surface area is 99.0 Å². The highest BCUT2D eigenvalue weighted by molar-refractivity contribution is 9.10. The first-order valence-corrected chi connectivity index (χ1v) is 6.16. The molecule has 1 aliphatic rings. The molecule has 1 aliphatic carbocycles. The molecule has 0 bridgehead atoms. The summed E-state index contributed by atoms with van der Waals surface area (Å²) in [5.74, 6) is 0.919. The molecule has 1 aromatic rings. The summed E-state index contributed by atoms with van der Waals surface area (Å²) in [5.41, 5.74) is 3.36. The van der Waals surface area contributed by atoms with Gasteiger partial charge in [-0.3, -0.25) is 4.79 Å². The minimum absolute atomic E-state index is 0.152.